The zero-order chi connectivity index (χ0) is 15.7. The summed E-state index contributed by atoms with van der Waals surface area (Å²) in [4.78, 5) is 26.1. The van der Waals surface area contributed by atoms with Gasteiger partial charge < -0.3 is 10.1 Å². The SMILES string of the molecule is CC(C)OC(=O)c1ccc2c(c1)NC(=O)c1ccccc1S2. The molecule has 1 aliphatic heterocycles. The Kier molecular flexibility index (Phi) is 3.90. The van der Waals surface area contributed by atoms with Crippen LogP contribution in [0.15, 0.2) is 52.3 Å². The second-order valence-electron chi connectivity index (χ2n) is 5.22. The van der Waals surface area contributed by atoms with Crippen LogP contribution in [0.25, 0.3) is 0 Å². The molecule has 0 spiro atoms. The quantitative estimate of drug-likeness (QED) is 0.852. The van der Waals surface area contributed by atoms with Crippen LogP contribution in [0.2, 0.25) is 0 Å². The smallest absolute Gasteiger partial charge is 0.338 e. The van der Waals surface area contributed by atoms with E-state index in [1.165, 1.54) is 11.8 Å². The molecule has 4 nitrogen and oxygen atoms in total. The van der Waals surface area contributed by atoms with Crippen LogP contribution in [0.4, 0.5) is 5.69 Å². The predicted octanol–water partition coefficient (Wildman–Crippen LogP) is 3.97. The predicted molar refractivity (Wildman–Crippen MR) is 85.5 cm³/mol. The second-order valence-corrected chi connectivity index (χ2v) is 6.30. The van der Waals surface area contributed by atoms with E-state index in [0.717, 1.165) is 9.79 Å². The maximum Gasteiger partial charge on any atom is 0.338 e. The Morgan fingerprint density at radius 1 is 1.14 bits per heavy atom. The monoisotopic (exact) mass is 313 g/mol. The third-order valence-corrected chi connectivity index (χ3v) is 4.31. The average Bonchev–Trinajstić information content (AvgIpc) is 2.62. The lowest BCUT2D eigenvalue weighted by Crippen LogP contribution is -2.14. The molecule has 0 saturated heterocycles. The van der Waals surface area contributed by atoms with E-state index in [1.807, 2.05) is 24.3 Å². The second kappa shape index (κ2) is 5.85. The van der Waals surface area contributed by atoms with Gasteiger partial charge in [0.05, 0.1) is 22.9 Å². The largest absolute Gasteiger partial charge is 0.459 e. The van der Waals surface area contributed by atoms with Crippen molar-refractivity contribution in [3.8, 4) is 0 Å². The van der Waals surface area contributed by atoms with Crippen LogP contribution < -0.4 is 5.32 Å². The van der Waals surface area contributed by atoms with Crippen molar-refractivity contribution < 1.29 is 14.3 Å². The lowest BCUT2D eigenvalue weighted by Gasteiger charge is -2.11. The van der Waals surface area contributed by atoms with Crippen molar-refractivity contribution in [3.63, 3.8) is 0 Å². The average molecular weight is 313 g/mol. The van der Waals surface area contributed by atoms with Crippen LogP contribution in [-0.4, -0.2) is 18.0 Å². The number of ether oxygens (including phenoxy) is 1. The number of hydrogen-bond donors (Lipinski definition) is 1. The zero-order valence-electron chi connectivity index (χ0n) is 12.3. The number of amides is 1. The van der Waals surface area contributed by atoms with Crippen LogP contribution >= 0.6 is 11.8 Å². The highest BCUT2D eigenvalue weighted by molar-refractivity contribution is 7.99. The molecule has 1 aliphatic rings. The highest BCUT2D eigenvalue weighted by Crippen LogP contribution is 2.39. The van der Waals surface area contributed by atoms with E-state index in [-0.39, 0.29) is 18.0 Å². The Morgan fingerprint density at radius 3 is 2.68 bits per heavy atom. The summed E-state index contributed by atoms with van der Waals surface area (Å²) in [6.07, 6.45) is -0.181. The first-order chi connectivity index (χ1) is 10.5. The van der Waals surface area contributed by atoms with Gasteiger partial charge in [0.15, 0.2) is 0 Å². The van der Waals surface area contributed by atoms with Crippen molar-refractivity contribution in [1.82, 2.24) is 0 Å². The summed E-state index contributed by atoms with van der Waals surface area (Å²) in [6.45, 7) is 3.60. The van der Waals surface area contributed by atoms with E-state index in [1.54, 1.807) is 32.0 Å². The van der Waals surface area contributed by atoms with Gasteiger partial charge in [-0.3, -0.25) is 4.79 Å². The molecule has 0 aliphatic carbocycles. The van der Waals surface area contributed by atoms with Gasteiger partial charge in [0.1, 0.15) is 0 Å². The summed E-state index contributed by atoms with van der Waals surface area (Å²) in [7, 11) is 0. The minimum atomic E-state index is -0.390. The van der Waals surface area contributed by atoms with E-state index in [4.69, 9.17) is 4.74 Å². The van der Waals surface area contributed by atoms with Gasteiger partial charge in [-0.2, -0.15) is 0 Å². The van der Waals surface area contributed by atoms with Crippen molar-refractivity contribution in [3.05, 3.63) is 53.6 Å². The summed E-state index contributed by atoms with van der Waals surface area (Å²) in [5.74, 6) is -0.560. The van der Waals surface area contributed by atoms with Gasteiger partial charge in [-0.15, -0.1) is 0 Å². The van der Waals surface area contributed by atoms with Gasteiger partial charge >= 0.3 is 5.97 Å². The number of esters is 1. The van der Waals surface area contributed by atoms with E-state index in [9.17, 15) is 9.59 Å². The highest BCUT2D eigenvalue weighted by atomic mass is 32.2. The molecule has 0 fully saturated rings. The van der Waals surface area contributed by atoms with Crippen molar-refractivity contribution in [2.24, 2.45) is 0 Å². The molecule has 0 saturated carbocycles. The minimum Gasteiger partial charge on any atom is -0.459 e. The Hall–Kier alpha value is -2.27. The Morgan fingerprint density at radius 2 is 1.91 bits per heavy atom. The van der Waals surface area contributed by atoms with Gasteiger partial charge in [-0.25, -0.2) is 4.79 Å². The summed E-state index contributed by atoms with van der Waals surface area (Å²) in [5, 5.41) is 2.86. The van der Waals surface area contributed by atoms with Crippen LogP contribution in [0, 0.1) is 0 Å². The minimum absolute atomic E-state index is 0.170. The lowest BCUT2D eigenvalue weighted by molar-refractivity contribution is 0.0377. The summed E-state index contributed by atoms with van der Waals surface area (Å²) < 4.78 is 5.19. The molecule has 0 unspecified atom stereocenters. The number of carbonyl (C=O) groups excluding carboxylic acids is 2. The zero-order valence-corrected chi connectivity index (χ0v) is 13.1. The molecule has 112 valence electrons. The Balaban J connectivity index is 1.97. The number of rotatable bonds is 2. The van der Waals surface area contributed by atoms with Gasteiger partial charge in [0, 0.05) is 9.79 Å². The van der Waals surface area contributed by atoms with Crippen molar-refractivity contribution in [1.29, 1.82) is 0 Å². The fraction of sp³-hybridized carbons (Fsp3) is 0.176. The Bertz CT molecular complexity index is 755. The van der Waals surface area contributed by atoms with Gasteiger partial charge in [-0.1, -0.05) is 23.9 Å². The lowest BCUT2D eigenvalue weighted by atomic mass is 10.1. The van der Waals surface area contributed by atoms with E-state index >= 15 is 0 Å². The van der Waals surface area contributed by atoms with Crippen LogP contribution in [0.1, 0.15) is 34.6 Å². The molecule has 22 heavy (non-hydrogen) atoms. The molecule has 1 N–H and O–H groups in total. The molecule has 2 aromatic rings. The number of fused-ring (bicyclic) bond motifs is 2. The van der Waals surface area contributed by atoms with Crippen LogP contribution in [0.5, 0.6) is 0 Å². The number of benzene rings is 2. The molecule has 0 radical (unpaired) electrons. The summed E-state index contributed by atoms with van der Waals surface area (Å²) in [5.41, 5.74) is 1.69. The molecule has 3 rings (SSSR count). The van der Waals surface area contributed by atoms with E-state index in [0.29, 0.717) is 16.8 Å². The molecule has 0 aromatic heterocycles. The van der Waals surface area contributed by atoms with Gasteiger partial charge in [-0.05, 0) is 44.2 Å². The number of hydrogen-bond acceptors (Lipinski definition) is 4. The molecule has 0 bridgehead atoms. The number of carbonyl (C=O) groups is 2. The molecule has 0 atom stereocenters. The van der Waals surface area contributed by atoms with Gasteiger partial charge in [0.25, 0.3) is 5.91 Å². The third kappa shape index (κ3) is 2.85. The van der Waals surface area contributed by atoms with Crippen molar-refractivity contribution >= 4 is 29.3 Å². The van der Waals surface area contributed by atoms with Crippen molar-refractivity contribution in [2.45, 2.75) is 29.7 Å². The maximum atomic E-state index is 12.3. The first-order valence-corrected chi connectivity index (χ1v) is 7.79. The normalized spacial score (nSPS) is 13.0. The fourth-order valence-corrected chi connectivity index (χ4v) is 3.19. The first kappa shape index (κ1) is 14.7. The van der Waals surface area contributed by atoms with E-state index < -0.39 is 0 Å². The summed E-state index contributed by atoms with van der Waals surface area (Å²) >= 11 is 1.51. The Labute approximate surface area is 132 Å². The number of anilines is 1. The number of nitrogens with one attached hydrogen (secondary N) is 1. The molecule has 5 heteroatoms. The fourth-order valence-electron chi connectivity index (χ4n) is 2.18. The highest BCUT2D eigenvalue weighted by Gasteiger charge is 2.21. The van der Waals surface area contributed by atoms with Crippen LogP contribution in [0.3, 0.4) is 0 Å². The standard InChI is InChI=1S/C17H15NO3S/c1-10(2)21-17(20)11-7-8-15-13(9-11)18-16(19)12-5-3-4-6-14(12)22-15/h3-10H,1-2H3,(H,18,19). The molecular formula is C17H15NO3S. The first-order valence-electron chi connectivity index (χ1n) is 6.98. The molecule has 2 aromatic carbocycles. The molecular weight excluding hydrogens is 298 g/mol. The maximum absolute atomic E-state index is 12.3. The molecule has 1 heterocycles. The van der Waals surface area contributed by atoms with Crippen LogP contribution in [-0.2, 0) is 4.74 Å². The van der Waals surface area contributed by atoms with Gasteiger partial charge in [0.2, 0.25) is 0 Å². The van der Waals surface area contributed by atoms with E-state index in [2.05, 4.69) is 5.32 Å². The van der Waals surface area contributed by atoms with Crippen molar-refractivity contribution in [2.75, 3.05) is 5.32 Å². The summed E-state index contributed by atoms with van der Waals surface area (Å²) in [6, 6.07) is 12.7. The topological polar surface area (TPSA) is 55.4 Å². The third-order valence-electron chi connectivity index (χ3n) is 3.16. The molecule has 1 amide bonds.